The molecule has 7 heteroatoms. The van der Waals surface area contributed by atoms with Gasteiger partial charge in [-0.2, -0.15) is 5.10 Å². The number of rotatable bonds is 5. The molecule has 1 aromatic heterocycles. The Kier molecular flexibility index (Phi) is 5.22. The van der Waals surface area contributed by atoms with E-state index in [1.54, 1.807) is 16.8 Å². The Hall–Kier alpha value is -2.25. The van der Waals surface area contributed by atoms with Gasteiger partial charge in [0.1, 0.15) is 5.82 Å². The number of nitrogens with zero attached hydrogens (tertiary/aromatic N) is 3. The number of ether oxygens (including phenoxy) is 2. The van der Waals surface area contributed by atoms with E-state index >= 15 is 0 Å². The van der Waals surface area contributed by atoms with Crippen molar-refractivity contribution in [2.45, 2.75) is 19.1 Å². The smallest absolute Gasteiger partial charge is 0.308 e. The normalized spacial score (nSPS) is 18.5. The van der Waals surface area contributed by atoms with Crippen molar-refractivity contribution in [2.75, 3.05) is 26.8 Å². The second-order valence-electron chi connectivity index (χ2n) is 5.74. The Balaban J connectivity index is 1.60. The van der Waals surface area contributed by atoms with E-state index in [9.17, 15) is 9.18 Å². The van der Waals surface area contributed by atoms with Crippen molar-refractivity contribution in [3.05, 3.63) is 48.0 Å². The zero-order valence-electron chi connectivity index (χ0n) is 13.5. The Morgan fingerprint density at radius 1 is 1.38 bits per heavy atom. The molecule has 1 fully saturated rings. The molecule has 1 aliphatic heterocycles. The number of hydrogen-bond donors (Lipinski definition) is 0. The molecule has 3 rings (SSSR count). The predicted molar refractivity (Wildman–Crippen MR) is 85.2 cm³/mol. The summed E-state index contributed by atoms with van der Waals surface area (Å²) in [4.78, 5) is 13.6. The van der Waals surface area contributed by atoms with E-state index in [4.69, 9.17) is 4.74 Å². The van der Waals surface area contributed by atoms with Crippen LogP contribution in [-0.2, 0) is 20.8 Å². The van der Waals surface area contributed by atoms with Crippen LogP contribution < -0.4 is 0 Å². The average Bonchev–Trinajstić information content (AvgIpc) is 3.04. The van der Waals surface area contributed by atoms with Crippen molar-refractivity contribution in [1.82, 2.24) is 14.7 Å². The topological polar surface area (TPSA) is 56.6 Å². The summed E-state index contributed by atoms with van der Waals surface area (Å²) in [5.41, 5.74) is 1.73. The lowest BCUT2D eigenvalue weighted by Crippen LogP contribution is -2.43. The number of benzene rings is 1. The van der Waals surface area contributed by atoms with Crippen molar-refractivity contribution in [3.63, 3.8) is 0 Å². The number of morpholine rings is 1. The first kappa shape index (κ1) is 16.6. The van der Waals surface area contributed by atoms with Crippen LogP contribution in [0.3, 0.4) is 0 Å². The number of hydrogen-bond acceptors (Lipinski definition) is 5. The molecule has 0 radical (unpaired) electrons. The van der Waals surface area contributed by atoms with Gasteiger partial charge in [0.05, 0.1) is 37.6 Å². The zero-order valence-corrected chi connectivity index (χ0v) is 13.5. The first-order chi connectivity index (χ1) is 11.6. The molecule has 1 aliphatic rings. The second-order valence-corrected chi connectivity index (χ2v) is 5.74. The van der Waals surface area contributed by atoms with Crippen molar-refractivity contribution in [1.29, 1.82) is 0 Å². The highest BCUT2D eigenvalue weighted by Gasteiger charge is 2.23. The first-order valence-electron chi connectivity index (χ1n) is 7.85. The van der Waals surface area contributed by atoms with Gasteiger partial charge in [-0.05, 0) is 30.3 Å². The molecule has 0 bridgehead atoms. The molecule has 2 heterocycles. The van der Waals surface area contributed by atoms with Gasteiger partial charge >= 0.3 is 5.97 Å². The second kappa shape index (κ2) is 7.55. The van der Waals surface area contributed by atoms with Gasteiger partial charge in [0.25, 0.3) is 0 Å². The third-order valence-corrected chi connectivity index (χ3v) is 3.97. The summed E-state index contributed by atoms with van der Waals surface area (Å²) in [7, 11) is 1.38. The van der Waals surface area contributed by atoms with E-state index in [0.717, 1.165) is 17.9 Å². The zero-order chi connectivity index (χ0) is 16.9. The molecule has 128 valence electrons. The molecular formula is C17H20FN3O3. The van der Waals surface area contributed by atoms with Gasteiger partial charge < -0.3 is 9.47 Å². The molecule has 1 saturated heterocycles. The van der Waals surface area contributed by atoms with Gasteiger partial charge in [0.15, 0.2) is 0 Å². The van der Waals surface area contributed by atoms with Crippen molar-refractivity contribution in [3.8, 4) is 5.69 Å². The molecule has 1 atom stereocenters. The van der Waals surface area contributed by atoms with E-state index < -0.39 is 0 Å². The standard InChI is InChI=1S/C17H20FN3O3/c1-23-17(22)10-16-12-20(8-9-24-16)11-14-6-7-21(19-14)15-4-2-13(18)3-5-15/h2-7,16H,8-12H2,1H3. The lowest BCUT2D eigenvalue weighted by atomic mass is 10.2. The van der Waals surface area contributed by atoms with E-state index in [-0.39, 0.29) is 24.3 Å². The molecule has 0 amide bonds. The number of aromatic nitrogens is 2. The minimum absolute atomic E-state index is 0.148. The van der Waals surface area contributed by atoms with Gasteiger partial charge in [-0.25, -0.2) is 9.07 Å². The average molecular weight is 333 g/mol. The van der Waals surface area contributed by atoms with Gasteiger partial charge in [0.2, 0.25) is 0 Å². The number of esters is 1. The van der Waals surface area contributed by atoms with Crippen LogP contribution in [0.5, 0.6) is 0 Å². The van der Waals surface area contributed by atoms with Gasteiger partial charge in [-0.3, -0.25) is 9.69 Å². The highest BCUT2D eigenvalue weighted by molar-refractivity contribution is 5.69. The van der Waals surface area contributed by atoms with E-state index in [2.05, 4.69) is 14.7 Å². The molecule has 0 saturated carbocycles. The quantitative estimate of drug-likeness (QED) is 0.781. The molecule has 1 aromatic carbocycles. The van der Waals surface area contributed by atoms with Crippen LogP contribution in [0.25, 0.3) is 5.69 Å². The van der Waals surface area contributed by atoms with Gasteiger partial charge in [-0.1, -0.05) is 0 Å². The first-order valence-corrected chi connectivity index (χ1v) is 7.85. The summed E-state index contributed by atoms with van der Waals surface area (Å²) in [6.45, 7) is 2.72. The summed E-state index contributed by atoms with van der Waals surface area (Å²) in [6.07, 6.45) is 1.97. The molecule has 1 unspecified atom stereocenters. The lowest BCUT2D eigenvalue weighted by Gasteiger charge is -2.31. The fourth-order valence-corrected chi connectivity index (χ4v) is 2.73. The Morgan fingerprint density at radius 3 is 2.92 bits per heavy atom. The largest absolute Gasteiger partial charge is 0.469 e. The highest BCUT2D eigenvalue weighted by Crippen LogP contribution is 2.14. The van der Waals surface area contributed by atoms with Crippen LogP contribution in [0.1, 0.15) is 12.1 Å². The maximum atomic E-state index is 13.0. The Morgan fingerprint density at radius 2 is 2.17 bits per heavy atom. The minimum atomic E-state index is -0.268. The molecule has 0 N–H and O–H groups in total. The maximum absolute atomic E-state index is 13.0. The SMILES string of the molecule is COC(=O)CC1CN(Cc2ccn(-c3ccc(F)cc3)n2)CCO1. The van der Waals surface area contributed by atoms with Crippen LogP contribution in [0, 0.1) is 5.82 Å². The summed E-state index contributed by atoms with van der Waals surface area (Å²) >= 11 is 0. The molecule has 0 spiro atoms. The van der Waals surface area contributed by atoms with E-state index in [1.165, 1.54) is 19.2 Å². The Labute approximate surface area is 139 Å². The number of methoxy groups -OCH3 is 1. The molecule has 0 aliphatic carbocycles. The fraction of sp³-hybridized carbons (Fsp3) is 0.412. The third-order valence-electron chi connectivity index (χ3n) is 3.97. The summed E-state index contributed by atoms with van der Waals surface area (Å²) in [5.74, 6) is -0.529. The third kappa shape index (κ3) is 4.18. The number of carbonyl (C=O) groups excluding carboxylic acids is 1. The summed E-state index contributed by atoms with van der Waals surface area (Å²) < 4.78 is 25.0. The van der Waals surface area contributed by atoms with E-state index in [1.807, 2.05) is 12.3 Å². The molecule has 24 heavy (non-hydrogen) atoms. The monoisotopic (exact) mass is 333 g/mol. The summed E-state index contributed by atoms with van der Waals surface area (Å²) in [5, 5.41) is 4.53. The van der Waals surface area contributed by atoms with Gasteiger partial charge in [0, 0.05) is 25.8 Å². The van der Waals surface area contributed by atoms with Gasteiger partial charge in [-0.15, -0.1) is 0 Å². The number of carbonyl (C=O) groups is 1. The highest BCUT2D eigenvalue weighted by atomic mass is 19.1. The van der Waals surface area contributed by atoms with Crippen LogP contribution in [-0.4, -0.2) is 53.6 Å². The van der Waals surface area contributed by atoms with E-state index in [0.29, 0.717) is 19.7 Å². The van der Waals surface area contributed by atoms with Crippen LogP contribution in [0.15, 0.2) is 36.5 Å². The van der Waals surface area contributed by atoms with Crippen molar-refractivity contribution >= 4 is 5.97 Å². The summed E-state index contributed by atoms with van der Waals surface area (Å²) in [6, 6.07) is 8.14. The van der Waals surface area contributed by atoms with Crippen LogP contribution in [0.4, 0.5) is 4.39 Å². The Bertz CT molecular complexity index is 687. The minimum Gasteiger partial charge on any atom is -0.469 e. The molecule has 6 nitrogen and oxygen atoms in total. The predicted octanol–water partition coefficient (Wildman–Crippen LogP) is 1.78. The van der Waals surface area contributed by atoms with Crippen LogP contribution >= 0.6 is 0 Å². The molecular weight excluding hydrogens is 313 g/mol. The van der Waals surface area contributed by atoms with Crippen molar-refractivity contribution < 1.29 is 18.7 Å². The van der Waals surface area contributed by atoms with Crippen molar-refractivity contribution in [2.24, 2.45) is 0 Å². The maximum Gasteiger partial charge on any atom is 0.308 e. The fourth-order valence-electron chi connectivity index (χ4n) is 2.73. The lowest BCUT2D eigenvalue weighted by molar-refractivity contribution is -0.145. The van der Waals surface area contributed by atoms with Crippen LogP contribution in [0.2, 0.25) is 0 Å². The molecule has 2 aromatic rings. The number of halogens is 1.